The molecular formula is C17H22N6OS. The maximum absolute atomic E-state index is 12.7. The molecule has 2 aliphatic rings. The Bertz CT molecular complexity index is 780. The van der Waals surface area contributed by atoms with E-state index in [-0.39, 0.29) is 11.9 Å². The van der Waals surface area contributed by atoms with Crippen LogP contribution in [0.2, 0.25) is 0 Å². The Morgan fingerprint density at radius 3 is 3.28 bits per heavy atom. The van der Waals surface area contributed by atoms with Gasteiger partial charge in [-0.1, -0.05) is 6.42 Å². The number of hydrogen-bond donors (Lipinski definition) is 3. The van der Waals surface area contributed by atoms with Gasteiger partial charge >= 0.3 is 0 Å². The van der Waals surface area contributed by atoms with Gasteiger partial charge in [0.2, 0.25) is 0 Å². The molecule has 0 bridgehead atoms. The van der Waals surface area contributed by atoms with Gasteiger partial charge in [-0.05, 0) is 25.5 Å². The molecule has 0 radical (unpaired) electrons. The van der Waals surface area contributed by atoms with Gasteiger partial charge in [0.05, 0.1) is 10.3 Å². The molecule has 4 rings (SSSR count). The SMILES string of the molecule is O=C(N[C@H]1CCCCNC1)C1=CN(c2ncnc3[nH]ccc23)CCS1. The van der Waals surface area contributed by atoms with Gasteiger partial charge in [-0.25, -0.2) is 9.97 Å². The first-order chi connectivity index (χ1) is 12.3. The van der Waals surface area contributed by atoms with Crippen molar-refractivity contribution in [3.8, 4) is 0 Å². The standard InChI is InChI=1S/C17H22N6OS/c24-17(22-12-3-1-2-5-18-9-12)14-10-23(7-8-25-14)16-13-4-6-19-15(13)20-11-21-16/h4,6,10-12,18H,1-3,5,7-9H2,(H,22,24)(H,19,20,21)/t12-/m0/s1. The van der Waals surface area contributed by atoms with Gasteiger partial charge in [-0.3, -0.25) is 4.79 Å². The van der Waals surface area contributed by atoms with Gasteiger partial charge in [0.15, 0.2) is 0 Å². The second kappa shape index (κ2) is 7.45. The minimum absolute atomic E-state index is 0.0165. The number of nitrogens with zero attached hydrogens (tertiary/aromatic N) is 3. The molecule has 0 saturated carbocycles. The fraction of sp³-hybridized carbons (Fsp3) is 0.471. The van der Waals surface area contributed by atoms with Crippen LogP contribution in [0.15, 0.2) is 29.7 Å². The second-order valence-electron chi connectivity index (χ2n) is 6.34. The van der Waals surface area contributed by atoms with Gasteiger partial charge in [-0.15, -0.1) is 11.8 Å². The van der Waals surface area contributed by atoms with E-state index in [1.807, 2.05) is 18.5 Å². The Kier molecular flexibility index (Phi) is 4.89. The highest BCUT2D eigenvalue weighted by atomic mass is 32.2. The fourth-order valence-corrected chi connectivity index (χ4v) is 4.17. The molecule has 25 heavy (non-hydrogen) atoms. The number of thioether (sulfide) groups is 1. The summed E-state index contributed by atoms with van der Waals surface area (Å²) in [4.78, 5) is 27.2. The molecule has 7 nitrogen and oxygen atoms in total. The lowest BCUT2D eigenvalue weighted by molar-refractivity contribution is -0.117. The zero-order valence-corrected chi connectivity index (χ0v) is 14.8. The van der Waals surface area contributed by atoms with Crippen LogP contribution in [0.4, 0.5) is 5.82 Å². The molecule has 4 heterocycles. The smallest absolute Gasteiger partial charge is 0.259 e. The molecule has 132 valence electrons. The molecule has 0 spiro atoms. The van der Waals surface area contributed by atoms with E-state index in [0.717, 1.165) is 60.0 Å². The van der Waals surface area contributed by atoms with Crippen molar-refractivity contribution in [2.75, 3.05) is 30.3 Å². The maximum Gasteiger partial charge on any atom is 0.259 e. The molecule has 3 N–H and O–H groups in total. The maximum atomic E-state index is 12.7. The number of nitrogens with one attached hydrogen (secondary N) is 3. The molecule has 2 aromatic rings. The van der Waals surface area contributed by atoms with E-state index in [4.69, 9.17) is 0 Å². The van der Waals surface area contributed by atoms with Crippen LogP contribution in [0.3, 0.4) is 0 Å². The fourth-order valence-electron chi connectivity index (χ4n) is 3.27. The van der Waals surface area contributed by atoms with Crippen molar-refractivity contribution in [1.82, 2.24) is 25.6 Å². The summed E-state index contributed by atoms with van der Waals surface area (Å²) in [5, 5.41) is 7.53. The van der Waals surface area contributed by atoms with Crippen molar-refractivity contribution in [3.05, 3.63) is 29.7 Å². The van der Waals surface area contributed by atoms with E-state index < -0.39 is 0 Å². The summed E-state index contributed by atoms with van der Waals surface area (Å²) in [6.45, 7) is 2.71. The highest BCUT2D eigenvalue weighted by Crippen LogP contribution is 2.29. The largest absolute Gasteiger partial charge is 0.348 e. The van der Waals surface area contributed by atoms with Gasteiger partial charge in [0, 0.05) is 37.3 Å². The van der Waals surface area contributed by atoms with Crippen molar-refractivity contribution in [2.24, 2.45) is 0 Å². The van der Waals surface area contributed by atoms with E-state index in [0.29, 0.717) is 0 Å². The Morgan fingerprint density at radius 2 is 2.32 bits per heavy atom. The first kappa shape index (κ1) is 16.4. The van der Waals surface area contributed by atoms with Crippen molar-refractivity contribution in [3.63, 3.8) is 0 Å². The number of carbonyl (C=O) groups is 1. The van der Waals surface area contributed by atoms with Crippen molar-refractivity contribution in [1.29, 1.82) is 0 Å². The molecule has 0 aliphatic carbocycles. The zero-order valence-electron chi connectivity index (χ0n) is 14.0. The molecule has 1 atom stereocenters. The number of aromatic amines is 1. The minimum Gasteiger partial charge on any atom is -0.348 e. The third-order valence-corrected chi connectivity index (χ3v) is 5.56. The number of anilines is 1. The van der Waals surface area contributed by atoms with E-state index in [2.05, 4.69) is 30.5 Å². The summed E-state index contributed by atoms with van der Waals surface area (Å²) >= 11 is 1.61. The number of aromatic nitrogens is 3. The van der Waals surface area contributed by atoms with E-state index in [1.54, 1.807) is 18.1 Å². The third-order valence-electron chi connectivity index (χ3n) is 4.57. The number of amides is 1. The quantitative estimate of drug-likeness (QED) is 0.773. The van der Waals surface area contributed by atoms with Crippen LogP contribution >= 0.6 is 11.8 Å². The molecular weight excluding hydrogens is 336 g/mol. The van der Waals surface area contributed by atoms with Crippen molar-refractivity contribution < 1.29 is 4.79 Å². The van der Waals surface area contributed by atoms with Crippen LogP contribution in [-0.4, -0.2) is 52.3 Å². The average molecular weight is 358 g/mol. The summed E-state index contributed by atoms with van der Waals surface area (Å²) in [5.41, 5.74) is 0.812. The predicted octanol–water partition coefficient (Wildman–Crippen LogP) is 1.61. The Hall–Kier alpha value is -2.06. The summed E-state index contributed by atoms with van der Waals surface area (Å²) < 4.78 is 0. The van der Waals surface area contributed by atoms with E-state index in [1.165, 1.54) is 6.42 Å². The number of carbonyl (C=O) groups excluding carboxylic acids is 1. The summed E-state index contributed by atoms with van der Waals surface area (Å²) in [7, 11) is 0. The van der Waals surface area contributed by atoms with Crippen molar-refractivity contribution >= 4 is 34.5 Å². The molecule has 0 aromatic carbocycles. The molecule has 1 amide bonds. The van der Waals surface area contributed by atoms with Crippen LogP contribution < -0.4 is 15.5 Å². The summed E-state index contributed by atoms with van der Waals surface area (Å²) in [6.07, 6.45) is 8.71. The van der Waals surface area contributed by atoms with Gasteiger partial charge in [0.1, 0.15) is 17.8 Å². The highest BCUT2D eigenvalue weighted by Gasteiger charge is 2.22. The van der Waals surface area contributed by atoms with Gasteiger partial charge in [-0.2, -0.15) is 0 Å². The van der Waals surface area contributed by atoms with Crippen LogP contribution in [0.1, 0.15) is 19.3 Å². The molecule has 1 saturated heterocycles. The lowest BCUT2D eigenvalue weighted by Gasteiger charge is -2.26. The minimum atomic E-state index is 0.0165. The van der Waals surface area contributed by atoms with E-state index >= 15 is 0 Å². The van der Waals surface area contributed by atoms with E-state index in [9.17, 15) is 4.79 Å². The van der Waals surface area contributed by atoms with Crippen LogP contribution in [-0.2, 0) is 4.79 Å². The lowest BCUT2D eigenvalue weighted by Crippen LogP contribution is -2.42. The normalized spacial score (nSPS) is 21.7. The first-order valence-corrected chi connectivity index (χ1v) is 9.71. The number of rotatable bonds is 3. The molecule has 2 aliphatic heterocycles. The summed E-state index contributed by atoms with van der Waals surface area (Å²) in [5.74, 6) is 1.72. The summed E-state index contributed by atoms with van der Waals surface area (Å²) in [6, 6.07) is 2.18. The molecule has 2 aromatic heterocycles. The molecule has 0 unspecified atom stereocenters. The van der Waals surface area contributed by atoms with Crippen LogP contribution in [0.25, 0.3) is 11.0 Å². The Morgan fingerprint density at radius 1 is 1.36 bits per heavy atom. The van der Waals surface area contributed by atoms with Crippen LogP contribution in [0, 0.1) is 0 Å². The zero-order chi connectivity index (χ0) is 17.1. The topological polar surface area (TPSA) is 85.9 Å². The molecule has 1 fully saturated rings. The Labute approximate surface area is 150 Å². The van der Waals surface area contributed by atoms with Crippen molar-refractivity contribution in [2.45, 2.75) is 25.3 Å². The number of fused-ring (bicyclic) bond motifs is 1. The average Bonchev–Trinajstić information content (AvgIpc) is 2.99. The van der Waals surface area contributed by atoms with Gasteiger partial charge in [0.25, 0.3) is 5.91 Å². The predicted molar refractivity (Wildman–Crippen MR) is 100 cm³/mol. The Balaban J connectivity index is 1.52. The van der Waals surface area contributed by atoms with Crippen LogP contribution in [0.5, 0.6) is 0 Å². The highest BCUT2D eigenvalue weighted by molar-refractivity contribution is 8.04. The number of hydrogen-bond acceptors (Lipinski definition) is 6. The second-order valence-corrected chi connectivity index (χ2v) is 7.48. The third kappa shape index (κ3) is 3.64. The molecule has 8 heteroatoms. The first-order valence-electron chi connectivity index (χ1n) is 8.72. The number of H-pyrrole nitrogens is 1. The van der Waals surface area contributed by atoms with Gasteiger partial charge < -0.3 is 20.5 Å². The monoisotopic (exact) mass is 358 g/mol. The lowest BCUT2D eigenvalue weighted by atomic mass is 10.1.